The van der Waals surface area contributed by atoms with Crippen LogP contribution < -0.4 is 0 Å². The molecule has 0 saturated heterocycles. The zero-order valence-electron chi connectivity index (χ0n) is 6.21. The number of carboxylic acids is 1. The summed E-state index contributed by atoms with van der Waals surface area (Å²) >= 11 is 2.88. The summed E-state index contributed by atoms with van der Waals surface area (Å²) in [6, 6.07) is 3.51. The molecular formula is C8H3BrFNO2. The summed E-state index contributed by atoms with van der Waals surface area (Å²) in [6.45, 7) is 0. The monoisotopic (exact) mass is 243 g/mol. The Morgan fingerprint density at radius 1 is 1.62 bits per heavy atom. The van der Waals surface area contributed by atoms with Gasteiger partial charge in [-0.25, -0.2) is 9.18 Å². The summed E-state index contributed by atoms with van der Waals surface area (Å²) in [7, 11) is 0. The van der Waals surface area contributed by atoms with E-state index >= 15 is 0 Å². The van der Waals surface area contributed by atoms with E-state index in [4.69, 9.17) is 10.4 Å². The maximum absolute atomic E-state index is 12.8. The van der Waals surface area contributed by atoms with Crippen LogP contribution in [0.2, 0.25) is 0 Å². The third kappa shape index (κ3) is 1.84. The molecule has 0 heterocycles. The lowest BCUT2D eigenvalue weighted by Gasteiger charge is -1.99. The molecule has 5 heteroatoms. The van der Waals surface area contributed by atoms with E-state index in [1.165, 1.54) is 0 Å². The lowest BCUT2D eigenvalue weighted by atomic mass is 10.1. The highest BCUT2D eigenvalue weighted by atomic mass is 79.9. The number of carbonyl (C=O) groups is 1. The molecule has 0 aliphatic heterocycles. The van der Waals surface area contributed by atoms with Gasteiger partial charge < -0.3 is 5.11 Å². The third-order valence-corrected chi connectivity index (χ3v) is 2.06. The van der Waals surface area contributed by atoms with Crippen LogP contribution in [-0.4, -0.2) is 11.1 Å². The molecular weight excluding hydrogens is 241 g/mol. The SMILES string of the molecule is N#Cc1cc(C(=O)O)c(Br)cc1F. The minimum absolute atomic E-state index is 0.122. The van der Waals surface area contributed by atoms with Gasteiger partial charge in [0.25, 0.3) is 0 Å². The largest absolute Gasteiger partial charge is 0.478 e. The van der Waals surface area contributed by atoms with E-state index in [1.54, 1.807) is 6.07 Å². The van der Waals surface area contributed by atoms with E-state index in [9.17, 15) is 9.18 Å². The van der Waals surface area contributed by atoms with Gasteiger partial charge >= 0.3 is 5.97 Å². The minimum Gasteiger partial charge on any atom is -0.478 e. The van der Waals surface area contributed by atoms with E-state index in [0.29, 0.717) is 0 Å². The molecule has 0 atom stereocenters. The first-order valence-corrected chi connectivity index (χ1v) is 3.98. The molecule has 0 aliphatic rings. The van der Waals surface area contributed by atoms with E-state index in [1.807, 2.05) is 0 Å². The fourth-order valence-electron chi connectivity index (χ4n) is 0.799. The number of hydrogen-bond acceptors (Lipinski definition) is 2. The Morgan fingerprint density at radius 2 is 2.23 bits per heavy atom. The zero-order chi connectivity index (χ0) is 10.0. The van der Waals surface area contributed by atoms with Gasteiger partial charge in [0.2, 0.25) is 0 Å². The summed E-state index contributed by atoms with van der Waals surface area (Å²) < 4.78 is 13.0. The Morgan fingerprint density at radius 3 is 2.69 bits per heavy atom. The van der Waals surface area contributed by atoms with Crippen LogP contribution in [0.5, 0.6) is 0 Å². The average Bonchev–Trinajstić information content (AvgIpc) is 2.03. The molecule has 3 nitrogen and oxygen atoms in total. The van der Waals surface area contributed by atoms with Crippen molar-refractivity contribution < 1.29 is 14.3 Å². The van der Waals surface area contributed by atoms with Crippen LogP contribution in [0.4, 0.5) is 4.39 Å². The molecule has 0 radical (unpaired) electrons. The second-order valence-corrected chi connectivity index (χ2v) is 3.08. The molecule has 0 spiro atoms. The van der Waals surface area contributed by atoms with Crippen LogP contribution in [0, 0.1) is 17.1 Å². The van der Waals surface area contributed by atoms with Crippen molar-refractivity contribution in [1.82, 2.24) is 0 Å². The second kappa shape index (κ2) is 3.54. The van der Waals surface area contributed by atoms with Crippen molar-refractivity contribution in [3.05, 3.63) is 33.5 Å². The van der Waals surface area contributed by atoms with Crippen molar-refractivity contribution in [3.63, 3.8) is 0 Å². The van der Waals surface area contributed by atoms with Crippen LogP contribution in [0.1, 0.15) is 15.9 Å². The van der Waals surface area contributed by atoms with Gasteiger partial charge in [-0.3, -0.25) is 0 Å². The molecule has 0 aromatic heterocycles. The highest BCUT2D eigenvalue weighted by Crippen LogP contribution is 2.20. The number of benzene rings is 1. The van der Waals surface area contributed by atoms with Gasteiger partial charge in [0.1, 0.15) is 11.9 Å². The summed E-state index contributed by atoms with van der Waals surface area (Å²) in [6.07, 6.45) is 0. The standard InChI is InChI=1S/C8H3BrFNO2/c9-6-2-7(10)4(3-11)1-5(6)8(12)13/h1-2H,(H,12,13). The predicted octanol–water partition coefficient (Wildman–Crippen LogP) is 2.16. The van der Waals surface area contributed by atoms with E-state index in [-0.39, 0.29) is 15.6 Å². The summed E-state index contributed by atoms with van der Waals surface area (Å²) in [5, 5.41) is 17.0. The molecule has 0 bridgehead atoms. The van der Waals surface area contributed by atoms with E-state index < -0.39 is 11.8 Å². The molecule has 1 rings (SSSR count). The number of rotatable bonds is 1. The first-order valence-electron chi connectivity index (χ1n) is 3.18. The first-order chi connectivity index (χ1) is 6.06. The van der Waals surface area contributed by atoms with Crippen LogP contribution in [0.15, 0.2) is 16.6 Å². The summed E-state index contributed by atoms with van der Waals surface area (Å²) in [5.74, 6) is -1.94. The normalized spacial score (nSPS) is 9.31. The van der Waals surface area contributed by atoms with Gasteiger partial charge in [0.05, 0.1) is 11.1 Å². The number of aromatic carboxylic acids is 1. The first kappa shape index (κ1) is 9.68. The number of nitriles is 1. The maximum Gasteiger partial charge on any atom is 0.336 e. The van der Waals surface area contributed by atoms with Crippen LogP contribution in [-0.2, 0) is 0 Å². The Kier molecular flexibility index (Phi) is 2.63. The quantitative estimate of drug-likeness (QED) is 0.823. The molecule has 1 aromatic rings. The molecule has 13 heavy (non-hydrogen) atoms. The maximum atomic E-state index is 12.8. The van der Waals surface area contributed by atoms with Crippen molar-refractivity contribution in [2.75, 3.05) is 0 Å². The van der Waals surface area contributed by atoms with E-state index in [2.05, 4.69) is 15.9 Å². The number of hydrogen-bond donors (Lipinski definition) is 1. The molecule has 0 amide bonds. The van der Waals surface area contributed by atoms with Crippen molar-refractivity contribution in [2.45, 2.75) is 0 Å². The van der Waals surface area contributed by atoms with Crippen LogP contribution in [0.3, 0.4) is 0 Å². The van der Waals surface area contributed by atoms with Crippen molar-refractivity contribution >= 4 is 21.9 Å². The highest BCUT2D eigenvalue weighted by Gasteiger charge is 2.12. The Balaban J connectivity index is 3.41. The highest BCUT2D eigenvalue weighted by molar-refractivity contribution is 9.10. The Labute approximate surface area is 81.5 Å². The fourth-order valence-corrected chi connectivity index (χ4v) is 1.28. The molecule has 0 saturated carbocycles. The smallest absolute Gasteiger partial charge is 0.336 e. The van der Waals surface area contributed by atoms with Crippen LogP contribution in [0.25, 0.3) is 0 Å². The lowest BCUT2D eigenvalue weighted by molar-refractivity contribution is 0.0696. The number of nitrogens with zero attached hydrogens (tertiary/aromatic N) is 1. The molecule has 0 unspecified atom stereocenters. The molecule has 1 aromatic carbocycles. The van der Waals surface area contributed by atoms with Gasteiger partial charge in [-0.05, 0) is 28.1 Å². The number of carboxylic acid groups (broad SMARTS) is 1. The van der Waals surface area contributed by atoms with Crippen molar-refractivity contribution in [3.8, 4) is 6.07 Å². The summed E-state index contributed by atoms with van der Waals surface area (Å²) in [4.78, 5) is 10.5. The topological polar surface area (TPSA) is 61.1 Å². The predicted molar refractivity (Wildman–Crippen MR) is 45.8 cm³/mol. The van der Waals surface area contributed by atoms with Gasteiger partial charge in [-0.15, -0.1) is 0 Å². The third-order valence-electron chi connectivity index (χ3n) is 1.41. The Hall–Kier alpha value is -1.41. The molecule has 66 valence electrons. The zero-order valence-corrected chi connectivity index (χ0v) is 7.80. The van der Waals surface area contributed by atoms with Gasteiger partial charge in [0.15, 0.2) is 0 Å². The average molecular weight is 244 g/mol. The number of halogens is 2. The summed E-state index contributed by atoms with van der Waals surface area (Å²) in [5.41, 5.74) is -0.404. The lowest BCUT2D eigenvalue weighted by Crippen LogP contribution is -1.99. The second-order valence-electron chi connectivity index (χ2n) is 2.23. The van der Waals surface area contributed by atoms with Crippen molar-refractivity contribution in [1.29, 1.82) is 5.26 Å². The minimum atomic E-state index is -1.21. The Bertz CT molecular complexity index is 411. The van der Waals surface area contributed by atoms with Crippen LogP contribution >= 0.6 is 15.9 Å². The van der Waals surface area contributed by atoms with Gasteiger partial charge in [-0.2, -0.15) is 5.26 Å². The van der Waals surface area contributed by atoms with Crippen molar-refractivity contribution in [2.24, 2.45) is 0 Å². The molecule has 0 aliphatic carbocycles. The van der Waals surface area contributed by atoms with E-state index in [0.717, 1.165) is 12.1 Å². The van der Waals surface area contributed by atoms with Gasteiger partial charge in [0, 0.05) is 4.47 Å². The van der Waals surface area contributed by atoms with Gasteiger partial charge in [-0.1, -0.05) is 0 Å². The molecule has 1 N–H and O–H groups in total. The fraction of sp³-hybridized carbons (Fsp3) is 0. The molecule has 0 fully saturated rings.